The van der Waals surface area contributed by atoms with E-state index in [0.717, 1.165) is 18.7 Å². The third-order valence-corrected chi connectivity index (χ3v) is 4.60. The molecule has 1 saturated heterocycles. The second kappa shape index (κ2) is 8.61. The van der Waals surface area contributed by atoms with E-state index in [9.17, 15) is 4.79 Å². The first-order valence-corrected chi connectivity index (χ1v) is 9.14. The molecule has 0 aromatic heterocycles. The van der Waals surface area contributed by atoms with E-state index >= 15 is 0 Å². The maximum atomic E-state index is 12.6. The average molecular weight is 354 g/mol. The second-order valence-electron chi connectivity index (χ2n) is 6.30. The van der Waals surface area contributed by atoms with Crippen LogP contribution in [0.1, 0.15) is 35.7 Å². The molecule has 1 aliphatic rings. The average Bonchev–Trinajstić information content (AvgIpc) is 3.21. The van der Waals surface area contributed by atoms with E-state index in [1.807, 2.05) is 13.0 Å². The van der Waals surface area contributed by atoms with Gasteiger partial charge in [0.15, 0.2) is 11.5 Å². The van der Waals surface area contributed by atoms with Crippen molar-refractivity contribution in [2.75, 3.05) is 31.7 Å². The highest BCUT2D eigenvalue weighted by Gasteiger charge is 2.16. The van der Waals surface area contributed by atoms with Crippen LogP contribution in [0, 0.1) is 0 Å². The van der Waals surface area contributed by atoms with Crippen molar-refractivity contribution < 1.29 is 14.3 Å². The predicted octanol–water partition coefficient (Wildman–Crippen LogP) is 3.62. The fourth-order valence-corrected chi connectivity index (χ4v) is 3.29. The van der Waals surface area contributed by atoms with Crippen LogP contribution in [-0.4, -0.2) is 32.7 Å². The molecule has 1 amide bonds. The van der Waals surface area contributed by atoms with Crippen molar-refractivity contribution in [3.8, 4) is 11.5 Å². The number of carbonyl (C=O) groups is 1. The van der Waals surface area contributed by atoms with Crippen LogP contribution >= 0.6 is 0 Å². The summed E-state index contributed by atoms with van der Waals surface area (Å²) in [5.41, 5.74) is 2.92. The number of amides is 1. The van der Waals surface area contributed by atoms with Crippen LogP contribution < -0.4 is 19.7 Å². The van der Waals surface area contributed by atoms with Gasteiger partial charge in [-0.3, -0.25) is 4.79 Å². The van der Waals surface area contributed by atoms with Gasteiger partial charge in [0, 0.05) is 30.9 Å². The smallest absolute Gasteiger partial charge is 0.251 e. The largest absolute Gasteiger partial charge is 0.493 e. The zero-order valence-corrected chi connectivity index (χ0v) is 15.5. The van der Waals surface area contributed by atoms with E-state index in [0.29, 0.717) is 30.2 Å². The van der Waals surface area contributed by atoms with Crippen LogP contribution in [-0.2, 0) is 6.54 Å². The molecule has 2 aromatic rings. The Morgan fingerprint density at radius 1 is 1.12 bits per heavy atom. The van der Waals surface area contributed by atoms with Crippen molar-refractivity contribution >= 4 is 11.6 Å². The molecule has 2 aromatic carbocycles. The topological polar surface area (TPSA) is 50.8 Å². The molecule has 0 unspecified atom stereocenters. The standard InChI is InChI=1S/C21H26N2O3/c1-3-26-20-14-16(10-11-19(20)25-2)21(24)22-15-17-8-4-5-9-18(17)23-12-6-7-13-23/h4-5,8-11,14H,3,6-7,12-13,15H2,1-2H3,(H,22,24). The van der Waals surface area contributed by atoms with Gasteiger partial charge in [0.25, 0.3) is 5.91 Å². The number of benzene rings is 2. The van der Waals surface area contributed by atoms with Crippen molar-refractivity contribution in [2.45, 2.75) is 26.3 Å². The maximum Gasteiger partial charge on any atom is 0.251 e. The molecule has 0 radical (unpaired) electrons. The van der Waals surface area contributed by atoms with Crippen LogP contribution in [0.15, 0.2) is 42.5 Å². The van der Waals surface area contributed by atoms with Crippen LogP contribution in [0.4, 0.5) is 5.69 Å². The molecule has 1 heterocycles. The number of para-hydroxylation sites is 1. The summed E-state index contributed by atoms with van der Waals surface area (Å²) in [6, 6.07) is 13.5. The minimum absolute atomic E-state index is 0.121. The SMILES string of the molecule is CCOc1cc(C(=O)NCc2ccccc2N2CCCC2)ccc1OC. The number of hydrogen-bond acceptors (Lipinski definition) is 4. The lowest BCUT2D eigenvalue weighted by molar-refractivity contribution is 0.0950. The highest BCUT2D eigenvalue weighted by Crippen LogP contribution is 2.28. The number of methoxy groups -OCH3 is 1. The summed E-state index contributed by atoms with van der Waals surface area (Å²) < 4.78 is 10.8. The minimum atomic E-state index is -0.121. The number of rotatable bonds is 7. The number of nitrogens with zero attached hydrogens (tertiary/aromatic N) is 1. The van der Waals surface area contributed by atoms with E-state index in [2.05, 4.69) is 28.4 Å². The predicted molar refractivity (Wildman–Crippen MR) is 103 cm³/mol. The first kappa shape index (κ1) is 18.1. The van der Waals surface area contributed by atoms with Gasteiger partial charge in [-0.15, -0.1) is 0 Å². The van der Waals surface area contributed by atoms with Gasteiger partial charge >= 0.3 is 0 Å². The van der Waals surface area contributed by atoms with Gasteiger partial charge in [0.2, 0.25) is 0 Å². The third kappa shape index (κ3) is 4.10. The molecule has 0 aliphatic carbocycles. The lowest BCUT2D eigenvalue weighted by Gasteiger charge is -2.21. The van der Waals surface area contributed by atoms with Gasteiger partial charge in [-0.2, -0.15) is 0 Å². The van der Waals surface area contributed by atoms with E-state index < -0.39 is 0 Å². The maximum absolute atomic E-state index is 12.6. The van der Waals surface area contributed by atoms with E-state index in [4.69, 9.17) is 9.47 Å². The van der Waals surface area contributed by atoms with Gasteiger partial charge < -0.3 is 19.7 Å². The second-order valence-corrected chi connectivity index (χ2v) is 6.30. The van der Waals surface area contributed by atoms with E-state index in [1.54, 1.807) is 25.3 Å². The molecule has 5 nitrogen and oxygen atoms in total. The molecular formula is C21H26N2O3. The molecule has 1 fully saturated rings. The van der Waals surface area contributed by atoms with Gasteiger partial charge in [0.05, 0.1) is 13.7 Å². The Bertz CT molecular complexity index is 755. The zero-order valence-electron chi connectivity index (χ0n) is 15.5. The fraction of sp³-hybridized carbons (Fsp3) is 0.381. The molecule has 0 bridgehead atoms. The van der Waals surface area contributed by atoms with Gasteiger partial charge in [-0.1, -0.05) is 18.2 Å². The highest BCUT2D eigenvalue weighted by atomic mass is 16.5. The Morgan fingerprint density at radius 2 is 1.88 bits per heavy atom. The first-order valence-electron chi connectivity index (χ1n) is 9.14. The van der Waals surface area contributed by atoms with Crippen LogP contribution in [0.2, 0.25) is 0 Å². The fourth-order valence-electron chi connectivity index (χ4n) is 3.29. The summed E-state index contributed by atoms with van der Waals surface area (Å²) in [7, 11) is 1.59. The Morgan fingerprint density at radius 3 is 2.62 bits per heavy atom. The monoisotopic (exact) mass is 354 g/mol. The molecule has 0 atom stereocenters. The molecule has 1 N–H and O–H groups in total. The summed E-state index contributed by atoms with van der Waals surface area (Å²) in [5.74, 6) is 1.09. The lowest BCUT2D eigenvalue weighted by Crippen LogP contribution is -2.25. The molecule has 5 heteroatoms. The van der Waals surface area contributed by atoms with Crippen molar-refractivity contribution in [3.63, 3.8) is 0 Å². The lowest BCUT2D eigenvalue weighted by atomic mass is 10.1. The normalized spacial score (nSPS) is 13.5. The number of ether oxygens (including phenoxy) is 2. The van der Waals surface area contributed by atoms with Crippen LogP contribution in [0.3, 0.4) is 0 Å². The molecule has 0 saturated carbocycles. The van der Waals surface area contributed by atoms with Crippen molar-refractivity contribution in [1.29, 1.82) is 0 Å². The highest BCUT2D eigenvalue weighted by molar-refractivity contribution is 5.94. The zero-order chi connectivity index (χ0) is 18.4. The summed E-state index contributed by atoms with van der Waals surface area (Å²) in [6.07, 6.45) is 2.46. The van der Waals surface area contributed by atoms with Crippen LogP contribution in [0.25, 0.3) is 0 Å². The van der Waals surface area contributed by atoms with E-state index in [1.165, 1.54) is 18.5 Å². The molecular weight excluding hydrogens is 328 g/mol. The number of carbonyl (C=O) groups excluding carboxylic acids is 1. The van der Waals surface area contributed by atoms with Gasteiger partial charge in [-0.05, 0) is 49.6 Å². The van der Waals surface area contributed by atoms with E-state index in [-0.39, 0.29) is 5.91 Å². The summed E-state index contributed by atoms with van der Waals surface area (Å²) >= 11 is 0. The number of nitrogens with one attached hydrogen (secondary N) is 1. The molecule has 0 spiro atoms. The summed E-state index contributed by atoms with van der Waals surface area (Å²) in [4.78, 5) is 15.0. The van der Waals surface area contributed by atoms with Crippen molar-refractivity contribution in [1.82, 2.24) is 5.32 Å². The number of hydrogen-bond donors (Lipinski definition) is 1. The Kier molecular flexibility index (Phi) is 6.00. The Hall–Kier alpha value is -2.69. The van der Waals surface area contributed by atoms with Gasteiger partial charge in [0.1, 0.15) is 0 Å². The molecule has 138 valence electrons. The Balaban J connectivity index is 1.70. The number of anilines is 1. The molecule has 26 heavy (non-hydrogen) atoms. The quantitative estimate of drug-likeness (QED) is 0.825. The summed E-state index contributed by atoms with van der Waals surface area (Å²) in [6.45, 7) is 5.09. The first-order chi connectivity index (χ1) is 12.7. The van der Waals surface area contributed by atoms with Gasteiger partial charge in [-0.25, -0.2) is 0 Å². The van der Waals surface area contributed by atoms with Crippen molar-refractivity contribution in [3.05, 3.63) is 53.6 Å². The third-order valence-electron chi connectivity index (χ3n) is 4.60. The Labute approximate surface area is 154 Å². The molecule has 3 rings (SSSR count). The minimum Gasteiger partial charge on any atom is -0.493 e. The molecule has 1 aliphatic heterocycles. The van der Waals surface area contributed by atoms with Crippen LogP contribution in [0.5, 0.6) is 11.5 Å². The summed E-state index contributed by atoms with van der Waals surface area (Å²) in [5, 5.41) is 3.02. The van der Waals surface area contributed by atoms with Crippen molar-refractivity contribution in [2.24, 2.45) is 0 Å².